The van der Waals surface area contributed by atoms with E-state index in [2.05, 4.69) is 20.7 Å². The van der Waals surface area contributed by atoms with Gasteiger partial charge in [-0.2, -0.15) is 0 Å². The van der Waals surface area contributed by atoms with Crippen LogP contribution in [0.25, 0.3) is 0 Å². The number of rotatable bonds is 4. The lowest BCUT2D eigenvalue weighted by Gasteiger charge is -2.19. The van der Waals surface area contributed by atoms with Crippen molar-refractivity contribution in [1.82, 2.24) is 0 Å². The zero-order valence-corrected chi connectivity index (χ0v) is 12.4. The van der Waals surface area contributed by atoms with Crippen LogP contribution in [0.4, 0.5) is 4.39 Å². The van der Waals surface area contributed by atoms with E-state index < -0.39 is 11.6 Å². The number of benzene rings is 1. The van der Waals surface area contributed by atoms with Crippen molar-refractivity contribution in [2.75, 3.05) is 7.11 Å². The number of carbonyl (C=O) groups is 1. The maximum atomic E-state index is 14.3. The molecule has 0 aliphatic rings. The second kappa shape index (κ2) is 5.69. The van der Waals surface area contributed by atoms with E-state index in [9.17, 15) is 9.18 Å². The SMILES string of the molecule is COC(=O)C(C)(F)c1ccc(OC(C)C)c(Br)c1. The molecule has 0 fully saturated rings. The number of hydrogen-bond acceptors (Lipinski definition) is 3. The number of carbonyl (C=O) groups excluding carboxylic acids is 1. The topological polar surface area (TPSA) is 35.5 Å². The van der Waals surface area contributed by atoms with E-state index in [0.717, 1.165) is 7.11 Å². The Morgan fingerprint density at radius 1 is 1.44 bits per heavy atom. The predicted octanol–water partition coefficient (Wildman–Crippen LogP) is 3.59. The van der Waals surface area contributed by atoms with Crippen LogP contribution in [0, 0.1) is 0 Å². The molecule has 0 N–H and O–H groups in total. The summed E-state index contributed by atoms with van der Waals surface area (Å²) in [6.45, 7) is 4.96. The van der Waals surface area contributed by atoms with Gasteiger partial charge in [0.1, 0.15) is 5.75 Å². The van der Waals surface area contributed by atoms with Crippen molar-refractivity contribution in [3.8, 4) is 5.75 Å². The molecule has 0 radical (unpaired) electrons. The molecule has 3 nitrogen and oxygen atoms in total. The predicted molar refractivity (Wildman–Crippen MR) is 70.4 cm³/mol. The zero-order valence-electron chi connectivity index (χ0n) is 10.8. The van der Waals surface area contributed by atoms with Crippen LogP contribution in [0.5, 0.6) is 5.75 Å². The number of methoxy groups -OCH3 is 1. The van der Waals surface area contributed by atoms with Crippen LogP contribution in [0.15, 0.2) is 22.7 Å². The minimum Gasteiger partial charge on any atom is -0.490 e. The lowest BCUT2D eigenvalue weighted by atomic mass is 9.98. The molecule has 1 atom stereocenters. The Balaban J connectivity index is 3.07. The van der Waals surface area contributed by atoms with E-state index in [-0.39, 0.29) is 11.7 Å². The quantitative estimate of drug-likeness (QED) is 0.796. The lowest BCUT2D eigenvalue weighted by molar-refractivity contribution is -0.154. The summed E-state index contributed by atoms with van der Waals surface area (Å²) in [5.74, 6) is -0.318. The molecule has 1 unspecified atom stereocenters. The van der Waals surface area contributed by atoms with E-state index in [1.165, 1.54) is 19.1 Å². The Morgan fingerprint density at radius 2 is 2.06 bits per heavy atom. The Bertz CT molecular complexity index is 444. The molecule has 1 aromatic rings. The summed E-state index contributed by atoms with van der Waals surface area (Å²) in [7, 11) is 1.16. The van der Waals surface area contributed by atoms with Gasteiger partial charge in [-0.3, -0.25) is 0 Å². The Morgan fingerprint density at radius 3 is 2.50 bits per heavy atom. The molecule has 5 heteroatoms. The molecule has 1 rings (SSSR count). The van der Waals surface area contributed by atoms with E-state index in [1.54, 1.807) is 6.07 Å². The summed E-state index contributed by atoms with van der Waals surface area (Å²) < 4.78 is 24.8. The monoisotopic (exact) mass is 318 g/mol. The molecule has 0 amide bonds. The standard InChI is InChI=1S/C13H16BrFO3/c1-8(2)18-11-6-5-9(7-10(11)14)13(3,15)12(16)17-4/h5-8H,1-4H3. The molecule has 0 aromatic heterocycles. The van der Waals surface area contributed by atoms with Crippen molar-refractivity contribution in [1.29, 1.82) is 0 Å². The van der Waals surface area contributed by atoms with Crippen LogP contribution in [0.3, 0.4) is 0 Å². The largest absolute Gasteiger partial charge is 0.490 e. The molecule has 0 saturated carbocycles. The molecule has 0 aliphatic carbocycles. The first kappa shape index (κ1) is 15.0. The highest BCUT2D eigenvalue weighted by atomic mass is 79.9. The van der Waals surface area contributed by atoms with Gasteiger partial charge in [0.25, 0.3) is 0 Å². The van der Waals surface area contributed by atoms with Crippen molar-refractivity contribution in [3.05, 3.63) is 28.2 Å². The summed E-state index contributed by atoms with van der Waals surface area (Å²) in [5, 5.41) is 0. The van der Waals surface area contributed by atoms with Gasteiger partial charge in [0, 0.05) is 5.56 Å². The number of ether oxygens (including phenoxy) is 2. The summed E-state index contributed by atoms with van der Waals surface area (Å²) >= 11 is 3.30. The zero-order chi connectivity index (χ0) is 13.9. The van der Waals surface area contributed by atoms with Gasteiger partial charge in [0.05, 0.1) is 17.7 Å². The highest BCUT2D eigenvalue weighted by Crippen LogP contribution is 2.33. The first-order valence-electron chi connectivity index (χ1n) is 5.53. The second-order valence-electron chi connectivity index (χ2n) is 4.31. The van der Waals surface area contributed by atoms with Crippen LogP contribution < -0.4 is 4.74 Å². The molecular formula is C13H16BrFO3. The molecule has 100 valence electrons. The minimum atomic E-state index is -2.17. The minimum absolute atomic E-state index is 0.0181. The van der Waals surface area contributed by atoms with Crippen molar-refractivity contribution >= 4 is 21.9 Å². The number of alkyl halides is 1. The smallest absolute Gasteiger partial charge is 0.348 e. The van der Waals surface area contributed by atoms with Crippen LogP contribution in [-0.4, -0.2) is 19.2 Å². The number of esters is 1. The Kier molecular flexibility index (Phi) is 4.73. The van der Waals surface area contributed by atoms with Crippen LogP contribution >= 0.6 is 15.9 Å². The van der Waals surface area contributed by atoms with Gasteiger partial charge >= 0.3 is 5.97 Å². The molecule has 0 spiro atoms. The highest BCUT2D eigenvalue weighted by Gasteiger charge is 2.36. The summed E-state index contributed by atoms with van der Waals surface area (Å²) in [4.78, 5) is 11.4. The molecule has 0 saturated heterocycles. The van der Waals surface area contributed by atoms with Gasteiger partial charge in [-0.15, -0.1) is 0 Å². The van der Waals surface area contributed by atoms with Crippen LogP contribution in [0.2, 0.25) is 0 Å². The van der Waals surface area contributed by atoms with Gasteiger partial charge in [0.15, 0.2) is 0 Å². The molecule has 0 heterocycles. The van der Waals surface area contributed by atoms with Gasteiger partial charge < -0.3 is 9.47 Å². The summed E-state index contributed by atoms with van der Waals surface area (Å²) in [6, 6.07) is 4.66. The fraction of sp³-hybridized carbons (Fsp3) is 0.462. The van der Waals surface area contributed by atoms with Crippen molar-refractivity contribution in [2.24, 2.45) is 0 Å². The van der Waals surface area contributed by atoms with Crippen LogP contribution in [-0.2, 0) is 15.2 Å². The average Bonchev–Trinajstić information content (AvgIpc) is 2.29. The van der Waals surface area contributed by atoms with E-state index in [4.69, 9.17) is 4.74 Å². The maximum absolute atomic E-state index is 14.3. The van der Waals surface area contributed by atoms with E-state index in [1.807, 2.05) is 13.8 Å². The highest BCUT2D eigenvalue weighted by molar-refractivity contribution is 9.10. The fourth-order valence-electron chi connectivity index (χ4n) is 1.45. The summed E-state index contributed by atoms with van der Waals surface area (Å²) in [6.07, 6.45) is 0.0181. The van der Waals surface area contributed by atoms with Crippen molar-refractivity contribution in [2.45, 2.75) is 32.5 Å². The van der Waals surface area contributed by atoms with Crippen LogP contribution in [0.1, 0.15) is 26.3 Å². The summed E-state index contributed by atoms with van der Waals surface area (Å²) in [5.41, 5.74) is -1.95. The first-order chi connectivity index (χ1) is 8.28. The third-order valence-electron chi connectivity index (χ3n) is 2.41. The first-order valence-corrected chi connectivity index (χ1v) is 6.32. The van der Waals surface area contributed by atoms with E-state index in [0.29, 0.717) is 10.2 Å². The molecular weight excluding hydrogens is 303 g/mol. The Hall–Kier alpha value is -1.10. The van der Waals surface area contributed by atoms with Crippen molar-refractivity contribution < 1.29 is 18.7 Å². The normalized spacial score (nSPS) is 14.2. The van der Waals surface area contributed by atoms with Gasteiger partial charge in [-0.25, -0.2) is 9.18 Å². The fourth-order valence-corrected chi connectivity index (χ4v) is 1.92. The van der Waals surface area contributed by atoms with Gasteiger partial charge in [-0.1, -0.05) is 6.07 Å². The molecule has 0 bridgehead atoms. The van der Waals surface area contributed by atoms with Gasteiger partial charge in [0.2, 0.25) is 5.67 Å². The molecule has 1 aromatic carbocycles. The average molecular weight is 319 g/mol. The van der Waals surface area contributed by atoms with E-state index >= 15 is 0 Å². The van der Waals surface area contributed by atoms with Gasteiger partial charge in [-0.05, 0) is 48.8 Å². The number of hydrogen-bond donors (Lipinski definition) is 0. The second-order valence-corrected chi connectivity index (χ2v) is 5.16. The molecule has 18 heavy (non-hydrogen) atoms. The molecule has 0 aliphatic heterocycles. The lowest BCUT2D eigenvalue weighted by Crippen LogP contribution is -2.28. The third-order valence-corrected chi connectivity index (χ3v) is 3.03. The van der Waals surface area contributed by atoms with Crippen molar-refractivity contribution in [3.63, 3.8) is 0 Å². The third kappa shape index (κ3) is 3.22. The Labute approximate surface area is 114 Å². The number of halogens is 2. The maximum Gasteiger partial charge on any atom is 0.348 e.